The molecule has 6 nitrogen and oxygen atoms in total. The molecule has 0 aliphatic heterocycles. The molecule has 0 atom stereocenters. The van der Waals surface area contributed by atoms with Crippen LogP contribution in [0.2, 0.25) is 0 Å². The lowest BCUT2D eigenvalue weighted by Crippen LogP contribution is -2.18. The summed E-state index contributed by atoms with van der Waals surface area (Å²) in [6.45, 7) is 0.478. The van der Waals surface area contributed by atoms with Gasteiger partial charge in [-0.05, 0) is 0 Å². The molecule has 0 aromatic carbocycles. The first-order chi connectivity index (χ1) is 8.28. The van der Waals surface area contributed by atoms with Crippen LogP contribution < -0.4 is 0 Å². The average Bonchev–Trinajstić information content (AvgIpc) is 2.30. The molecule has 0 aromatic heterocycles. The highest BCUT2D eigenvalue weighted by Crippen LogP contribution is 1.87. The maximum atomic E-state index is 8.50. The molecule has 0 aliphatic carbocycles. The maximum Gasteiger partial charge on any atom is 0.229 e. The van der Waals surface area contributed by atoms with Crippen molar-refractivity contribution in [3.8, 4) is 24.3 Å². The molecule has 0 saturated carbocycles. The van der Waals surface area contributed by atoms with E-state index in [1.807, 2.05) is 24.3 Å². The van der Waals surface area contributed by atoms with E-state index in [1.54, 1.807) is 18.5 Å². The van der Waals surface area contributed by atoms with E-state index in [9.17, 15) is 0 Å². The third-order valence-corrected chi connectivity index (χ3v) is 1.69. The fourth-order valence-corrected chi connectivity index (χ4v) is 0.968. The monoisotopic (exact) mass is 227 g/mol. The van der Waals surface area contributed by atoms with E-state index < -0.39 is 0 Å². The normalized spacial score (nSPS) is 8.47. The standard InChI is InChI=1S/C11H11N6/c12-2-8-16(9-3-13)6-1-7-17(10-4-14)11-5-15/h1,6-7H,8-11H2/q+1. The van der Waals surface area contributed by atoms with Crippen molar-refractivity contribution >= 4 is 6.21 Å². The summed E-state index contributed by atoms with van der Waals surface area (Å²) in [5, 5.41) is 34.0. The Balaban J connectivity index is 4.53. The molecule has 0 fully saturated rings. The van der Waals surface area contributed by atoms with Gasteiger partial charge in [-0.15, -0.1) is 0 Å². The molecule has 0 N–H and O–H groups in total. The summed E-state index contributed by atoms with van der Waals surface area (Å²) in [6, 6.07) is 7.73. The zero-order chi connectivity index (χ0) is 12.9. The van der Waals surface area contributed by atoms with Crippen molar-refractivity contribution in [2.24, 2.45) is 0 Å². The van der Waals surface area contributed by atoms with Gasteiger partial charge in [-0.2, -0.15) is 21.0 Å². The Morgan fingerprint density at radius 2 is 1.41 bits per heavy atom. The van der Waals surface area contributed by atoms with Crippen molar-refractivity contribution in [1.29, 1.82) is 21.0 Å². The first-order valence-electron chi connectivity index (χ1n) is 4.76. The van der Waals surface area contributed by atoms with E-state index in [4.69, 9.17) is 21.0 Å². The van der Waals surface area contributed by atoms with Crippen molar-refractivity contribution in [2.45, 2.75) is 0 Å². The Hall–Kier alpha value is -2.83. The molecule has 0 aliphatic rings. The van der Waals surface area contributed by atoms with Crippen LogP contribution in [0.4, 0.5) is 0 Å². The molecule has 0 unspecified atom stereocenters. The fraction of sp³-hybridized carbons (Fsp3) is 0.364. The number of hydrogen-bond donors (Lipinski definition) is 0. The zero-order valence-electron chi connectivity index (χ0n) is 9.24. The van der Waals surface area contributed by atoms with Crippen LogP contribution in [0.1, 0.15) is 0 Å². The van der Waals surface area contributed by atoms with Gasteiger partial charge in [-0.3, -0.25) is 0 Å². The highest BCUT2D eigenvalue weighted by Gasteiger charge is 1.99. The first-order valence-corrected chi connectivity index (χ1v) is 4.76. The summed E-state index contributed by atoms with van der Waals surface area (Å²) in [6.07, 6.45) is 4.76. The Bertz CT molecular complexity index is 414. The number of nitrogens with zero attached hydrogens (tertiary/aromatic N) is 6. The molecule has 0 saturated heterocycles. The van der Waals surface area contributed by atoms with Gasteiger partial charge in [0, 0.05) is 12.3 Å². The topological polar surface area (TPSA) is 101 Å². The summed E-state index contributed by atoms with van der Waals surface area (Å²) >= 11 is 0. The summed E-state index contributed by atoms with van der Waals surface area (Å²) in [4.78, 5) is 1.52. The number of allylic oxidation sites excluding steroid dienone is 1. The van der Waals surface area contributed by atoms with Crippen molar-refractivity contribution in [3.63, 3.8) is 0 Å². The lowest BCUT2D eigenvalue weighted by molar-refractivity contribution is -0.498. The van der Waals surface area contributed by atoms with Gasteiger partial charge in [0.2, 0.25) is 13.1 Å². The molecule has 0 aromatic rings. The summed E-state index contributed by atoms with van der Waals surface area (Å²) in [5.74, 6) is 0. The van der Waals surface area contributed by atoms with E-state index in [0.717, 1.165) is 0 Å². The van der Waals surface area contributed by atoms with Gasteiger partial charge >= 0.3 is 0 Å². The van der Waals surface area contributed by atoms with Gasteiger partial charge in [-0.25, -0.2) is 4.58 Å². The molecule has 0 radical (unpaired) electrons. The lowest BCUT2D eigenvalue weighted by Gasteiger charge is -2.09. The second kappa shape index (κ2) is 9.71. The highest BCUT2D eigenvalue weighted by molar-refractivity contribution is 5.66. The number of hydrogen-bond acceptors (Lipinski definition) is 5. The predicted octanol–water partition coefficient (Wildman–Crippen LogP) is -0.0203. The molecule has 84 valence electrons. The molecule has 0 spiro atoms. The maximum absolute atomic E-state index is 8.50. The SMILES string of the molecule is N#CCN(/C=C/C=[N+](CC#N)CC#N)CC#N. The van der Waals surface area contributed by atoms with E-state index in [0.29, 0.717) is 0 Å². The molecule has 0 bridgehead atoms. The Morgan fingerprint density at radius 3 is 1.82 bits per heavy atom. The van der Waals surface area contributed by atoms with Crippen molar-refractivity contribution in [1.82, 2.24) is 4.90 Å². The minimum atomic E-state index is 0.119. The van der Waals surface area contributed by atoms with E-state index in [1.165, 1.54) is 9.48 Å². The molecule has 0 heterocycles. The lowest BCUT2D eigenvalue weighted by atomic mass is 10.5. The largest absolute Gasteiger partial charge is 0.351 e. The second-order valence-electron chi connectivity index (χ2n) is 2.93. The predicted molar refractivity (Wildman–Crippen MR) is 59.2 cm³/mol. The number of nitriles is 4. The van der Waals surface area contributed by atoms with Crippen LogP contribution in [0.5, 0.6) is 0 Å². The van der Waals surface area contributed by atoms with Gasteiger partial charge in [0.15, 0.2) is 6.21 Å². The second-order valence-corrected chi connectivity index (χ2v) is 2.93. The van der Waals surface area contributed by atoms with Crippen LogP contribution in [0, 0.1) is 45.3 Å². The van der Waals surface area contributed by atoms with E-state index in [-0.39, 0.29) is 26.2 Å². The third kappa shape index (κ3) is 7.14. The first kappa shape index (κ1) is 14.2. The molecule has 0 amide bonds. The van der Waals surface area contributed by atoms with Crippen molar-refractivity contribution in [3.05, 3.63) is 12.3 Å². The minimum Gasteiger partial charge on any atom is -0.351 e. The summed E-state index contributed by atoms with van der Waals surface area (Å²) in [5.41, 5.74) is 0. The molecule has 0 rings (SSSR count). The van der Waals surface area contributed by atoms with Crippen LogP contribution in [0.3, 0.4) is 0 Å². The smallest absolute Gasteiger partial charge is 0.229 e. The fourth-order valence-electron chi connectivity index (χ4n) is 0.968. The van der Waals surface area contributed by atoms with Gasteiger partial charge in [-0.1, -0.05) is 0 Å². The van der Waals surface area contributed by atoms with Gasteiger partial charge in [0.1, 0.15) is 25.2 Å². The Morgan fingerprint density at radius 1 is 0.882 bits per heavy atom. The average molecular weight is 227 g/mol. The quantitative estimate of drug-likeness (QED) is 0.360. The van der Waals surface area contributed by atoms with Crippen LogP contribution in [-0.4, -0.2) is 41.9 Å². The molecule has 17 heavy (non-hydrogen) atoms. The van der Waals surface area contributed by atoms with Crippen LogP contribution >= 0.6 is 0 Å². The summed E-state index contributed by atoms with van der Waals surface area (Å²) < 4.78 is 1.52. The minimum absolute atomic E-state index is 0.119. The van der Waals surface area contributed by atoms with Crippen LogP contribution in [0.25, 0.3) is 0 Å². The van der Waals surface area contributed by atoms with Crippen molar-refractivity contribution < 1.29 is 4.58 Å². The molecular weight excluding hydrogens is 216 g/mol. The highest BCUT2D eigenvalue weighted by atomic mass is 15.1. The Labute approximate surface area is 100 Å². The van der Waals surface area contributed by atoms with Gasteiger partial charge in [0.05, 0.1) is 12.1 Å². The van der Waals surface area contributed by atoms with Crippen molar-refractivity contribution in [2.75, 3.05) is 26.2 Å². The van der Waals surface area contributed by atoms with E-state index >= 15 is 0 Å². The van der Waals surface area contributed by atoms with Crippen LogP contribution in [0.15, 0.2) is 12.3 Å². The summed E-state index contributed by atoms with van der Waals surface area (Å²) in [7, 11) is 0. The van der Waals surface area contributed by atoms with Crippen LogP contribution in [-0.2, 0) is 0 Å². The van der Waals surface area contributed by atoms with Gasteiger partial charge < -0.3 is 4.90 Å². The number of rotatable bonds is 6. The molecule has 6 heteroatoms. The van der Waals surface area contributed by atoms with Gasteiger partial charge in [0.25, 0.3) is 0 Å². The third-order valence-electron chi connectivity index (χ3n) is 1.69. The zero-order valence-corrected chi connectivity index (χ0v) is 9.24. The Kier molecular flexibility index (Phi) is 8.10. The molecular formula is C11H11N6+. The van der Waals surface area contributed by atoms with E-state index in [2.05, 4.69) is 0 Å².